The minimum atomic E-state index is -0.599. The molecule has 4 rings (SSSR count). The van der Waals surface area contributed by atoms with Gasteiger partial charge in [0.2, 0.25) is 5.95 Å². The van der Waals surface area contributed by atoms with Crippen molar-refractivity contribution in [2.45, 2.75) is 26.5 Å². The number of hydrogen-bond acceptors (Lipinski definition) is 7. The Balaban J connectivity index is 1.75. The van der Waals surface area contributed by atoms with E-state index in [1.165, 1.54) is 0 Å². The highest BCUT2D eigenvalue weighted by molar-refractivity contribution is 6.31. The maximum atomic E-state index is 12.8. The SMILES string of the molecule is CCOC(=O)C1=C(C)Nc2nnnn2C1c1ccccc1OCc1ccccc1Cl. The lowest BCUT2D eigenvalue weighted by Crippen LogP contribution is -2.30. The van der Waals surface area contributed by atoms with E-state index >= 15 is 0 Å². The van der Waals surface area contributed by atoms with Crippen molar-refractivity contribution in [1.82, 2.24) is 20.2 Å². The third-order valence-corrected chi connectivity index (χ3v) is 5.13. The van der Waals surface area contributed by atoms with E-state index in [0.717, 1.165) is 11.1 Å². The number of allylic oxidation sites excluding steroid dienone is 1. The summed E-state index contributed by atoms with van der Waals surface area (Å²) in [5.74, 6) is 0.599. The molecule has 1 aliphatic rings. The van der Waals surface area contributed by atoms with Crippen LogP contribution in [0.1, 0.15) is 31.0 Å². The first-order valence-corrected chi connectivity index (χ1v) is 9.85. The van der Waals surface area contributed by atoms with Crippen LogP contribution in [0.15, 0.2) is 59.8 Å². The quantitative estimate of drug-likeness (QED) is 0.601. The summed E-state index contributed by atoms with van der Waals surface area (Å²) in [7, 11) is 0. The molecule has 0 radical (unpaired) electrons. The Labute approximate surface area is 178 Å². The van der Waals surface area contributed by atoms with E-state index in [2.05, 4.69) is 20.8 Å². The molecule has 1 aliphatic heterocycles. The summed E-state index contributed by atoms with van der Waals surface area (Å²) in [6.45, 7) is 4.10. The van der Waals surface area contributed by atoms with Crippen LogP contribution in [0.2, 0.25) is 5.02 Å². The average Bonchev–Trinajstić information content (AvgIpc) is 3.20. The number of fused-ring (bicyclic) bond motifs is 1. The lowest BCUT2D eigenvalue weighted by Gasteiger charge is -2.28. The Morgan fingerprint density at radius 2 is 1.97 bits per heavy atom. The smallest absolute Gasteiger partial charge is 0.338 e. The summed E-state index contributed by atoms with van der Waals surface area (Å²) in [4.78, 5) is 12.8. The van der Waals surface area contributed by atoms with Gasteiger partial charge in [0, 0.05) is 21.8 Å². The number of benzene rings is 2. The molecule has 2 aromatic carbocycles. The van der Waals surface area contributed by atoms with Crippen LogP contribution in [0.3, 0.4) is 0 Å². The van der Waals surface area contributed by atoms with Gasteiger partial charge in [0.05, 0.1) is 12.2 Å². The van der Waals surface area contributed by atoms with Crippen molar-refractivity contribution in [2.24, 2.45) is 0 Å². The van der Waals surface area contributed by atoms with E-state index in [4.69, 9.17) is 21.1 Å². The molecule has 8 nitrogen and oxygen atoms in total. The van der Waals surface area contributed by atoms with Crippen LogP contribution in [0.5, 0.6) is 5.75 Å². The Morgan fingerprint density at radius 3 is 2.77 bits per heavy atom. The van der Waals surface area contributed by atoms with Gasteiger partial charge in [-0.2, -0.15) is 4.68 Å². The fourth-order valence-corrected chi connectivity index (χ4v) is 3.57. The molecule has 0 saturated heterocycles. The predicted molar refractivity (Wildman–Crippen MR) is 111 cm³/mol. The van der Waals surface area contributed by atoms with E-state index in [1.54, 1.807) is 18.5 Å². The van der Waals surface area contributed by atoms with Gasteiger partial charge < -0.3 is 14.8 Å². The fourth-order valence-electron chi connectivity index (χ4n) is 3.38. The average molecular weight is 426 g/mol. The van der Waals surface area contributed by atoms with Crippen LogP contribution in [-0.2, 0) is 16.1 Å². The summed E-state index contributed by atoms with van der Waals surface area (Å²) >= 11 is 6.26. The van der Waals surface area contributed by atoms with Crippen molar-refractivity contribution in [1.29, 1.82) is 0 Å². The van der Waals surface area contributed by atoms with E-state index < -0.39 is 12.0 Å². The molecule has 1 unspecified atom stereocenters. The van der Waals surface area contributed by atoms with Crippen LogP contribution in [0, 0.1) is 0 Å². The van der Waals surface area contributed by atoms with Gasteiger partial charge in [0.25, 0.3) is 0 Å². The summed E-state index contributed by atoms with van der Waals surface area (Å²) < 4.78 is 13.0. The molecule has 9 heteroatoms. The van der Waals surface area contributed by atoms with Crippen molar-refractivity contribution in [3.63, 3.8) is 0 Å². The van der Waals surface area contributed by atoms with Gasteiger partial charge in [-0.1, -0.05) is 53.1 Å². The first kappa shape index (κ1) is 19.9. The molecular weight excluding hydrogens is 406 g/mol. The van der Waals surface area contributed by atoms with Crippen LogP contribution < -0.4 is 10.1 Å². The molecule has 154 valence electrons. The highest BCUT2D eigenvalue weighted by atomic mass is 35.5. The Bertz CT molecular complexity index is 1110. The first-order valence-electron chi connectivity index (χ1n) is 9.48. The number of nitrogens with one attached hydrogen (secondary N) is 1. The number of anilines is 1. The van der Waals surface area contributed by atoms with Crippen molar-refractivity contribution >= 4 is 23.5 Å². The molecule has 0 bridgehead atoms. The second kappa shape index (κ2) is 8.54. The number of aromatic nitrogens is 4. The summed E-state index contributed by atoms with van der Waals surface area (Å²) in [5, 5.41) is 15.5. The maximum absolute atomic E-state index is 12.8. The lowest BCUT2D eigenvalue weighted by molar-refractivity contribution is -0.139. The highest BCUT2D eigenvalue weighted by Gasteiger charge is 2.36. The number of para-hydroxylation sites is 1. The number of carbonyl (C=O) groups is 1. The van der Waals surface area contributed by atoms with E-state index in [9.17, 15) is 4.79 Å². The van der Waals surface area contributed by atoms with E-state index in [-0.39, 0.29) is 13.2 Å². The van der Waals surface area contributed by atoms with E-state index in [1.807, 2.05) is 48.5 Å². The maximum Gasteiger partial charge on any atom is 0.338 e. The number of hydrogen-bond donors (Lipinski definition) is 1. The highest BCUT2D eigenvalue weighted by Crippen LogP contribution is 2.39. The van der Waals surface area contributed by atoms with Gasteiger partial charge in [-0.15, -0.1) is 0 Å². The van der Waals surface area contributed by atoms with Gasteiger partial charge in [-0.05, 0) is 36.4 Å². The molecule has 0 aliphatic carbocycles. The Hall–Kier alpha value is -3.39. The molecule has 1 N–H and O–H groups in total. The molecule has 0 fully saturated rings. The summed E-state index contributed by atoms with van der Waals surface area (Å²) in [6.07, 6.45) is 0. The standard InChI is InChI=1S/C21H20ClN5O3/c1-3-29-20(28)18-13(2)23-21-24-25-26-27(21)19(18)15-9-5-7-11-17(15)30-12-14-8-4-6-10-16(14)22/h4-11,19H,3,12H2,1-2H3,(H,23,24,26). The van der Waals surface area contributed by atoms with Crippen molar-refractivity contribution < 1.29 is 14.3 Å². The van der Waals surface area contributed by atoms with Crippen molar-refractivity contribution in [3.8, 4) is 5.75 Å². The third kappa shape index (κ3) is 3.73. The zero-order chi connectivity index (χ0) is 21.1. The Morgan fingerprint density at radius 1 is 1.20 bits per heavy atom. The lowest BCUT2D eigenvalue weighted by atomic mass is 9.95. The zero-order valence-corrected chi connectivity index (χ0v) is 17.3. The van der Waals surface area contributed by atoms with Crippen molar-refractivity contribution in [3.05, 3.63) is 76.0 Å². The van der Waals surface area contributed by atoms with Crippen LogP contribution >= 0.6 is 11.6 Å². The molecule has 0 saturated carbocycles. The molecule has 3 aromatic rings. The molecule has 2 heterocycles. The normalized spacial score (nSPS) is 15.4. The van der Waals surface area contributed by atoms with Gasteiger partial charge >= 0.3 is 5.97 Å². The summed E-state index contributed by atoms with van der Waals surface area (Å²) in [6, 6.07) is 14.4. The second-order valence-electron chi connectivity index (χ2n) is 6.65. The number of rotatable bonds is 6. The molecule has 0 amide bonds. The molecular formula is C21H20ClN5O3. The second-order valence-corrected chi connectivity index (χ2v) is 7.06. The van der Waals surface area contributed by atoms with Gasteiger partial charge in [-0.3, -0.25) is 0 Å². The monoisotopic (exact) mass is 425 g/mol. The fraction of sp³-hybridized carbons (Fsp3) is 0.238. The topological polar surface area (TPSA) is 91.2 Å². The van der Waals surface area contributed by atoms with Gasteiger partial charge in [-0.25, -0.2) is 4.79 Å². The van der Waals surface area contributed by atoms with Gasteiger partial charge in [0.1, 0.15) is 18.4 Å². The minimum Gasteiger partial charge on any atom is -0.488 e. The van der Waals surface area contributed by atoms with Crippen LogP contribution in [0.25, 0.3) is 0 Å². The first-order chi connectivity index (χ1) is 14.6. The van der Waals surface area contributed by atoms with Crippen molar-refractivity contribution in [2.75, 3.05) is 11.9 Å². The molecule has 30 heavy (non-hydrogen) atoms. The van der Waals surface area contributed by atoms with Gasteiger partial charge in [0.15, 0.2) is 0 Å². The number of ether oxygens (including phenoxy) is 2. The number of halogens is 1. The largest absolute Gasteiger partial charge is 0.488 e. The number of tetrazole rings is 1. The zero-order valence-electron chi connectivity index (χ0n) is 16.5. The Kier molecular flexibility index (Phi) is 5.67. The summed E-state index contributed by atoms with van der Waals surface area (Å²) in [5.41, 5.74) is 2.65. The van der Waals surface area contributed by atoms with E-state index in [0.29, 0.717) is 28.0 Å². The van der Waals surface area contributed by atoms with Crippen LogP contribution in [0.4, 0.5) is 5.95 Å². The molecule has 1 aromatic heterocycles. The predicted octanol–water partition coefficient (Wildman–Crippen LogP) is 3.76. The van der Waals surface area contributed by atoms with Crippen LogP contribution in [-0.4, -0.2) is 32.8 Å². The number of esters is 1. The molecule has 0 spiro atoms. The third-order valence-electron chi connectivity index (χ3n) is 4.76. The number of nitrogens with zero attached hydrogens (tertiary/aromatic N) is 4. The molecule has 1 atom stereocenters. The minimum absolute atomic E-state index is 0.259. The number of carbonyl (C=O) groups excluding carboxylic acids is 1.